The molecule has 0 radical (unpaired) electrons. The maximum atomic E-state index is 12.4. The van der Waals surface area contributed by atoms with E-state index in [1.54, 1.807) is 90.0 Å². The molecular weight excluding hydrogens is 1300 g/mol. The van der Waals surface area contributed by atoms with Gasteiger partial charge in [-0.3, -0.25) is 38.6 Å². The molecular formula is C54H69Cl7LiN17O10. The second kappa shape index (κ2) is 34.0. The molecule has 11 rings (SSSR count). The van der Waals surface area contributed by atoms with E-state index in [1.165, 1.54) is 28.9 Å². The molecule has 9 heterocycles. The van der Waals surface area contributed by atoms with Crippen LogP contribution in [0, 0.1) is 0 Å². The monoisotopic (exact) mass is 1370 g/mol. The zero-order valence-corrected chi connectivity index (χ0v) is 54.9. The molecule has 0 unspecified atom stereocenters. The number of ether oxygens (including phenoxy) is 3. The third-order valence-corrected chi connectivity index (χ3v) is 13.2. The summed E-state index contributed by atoms with van der Waals surface area (Å²) in [5.41, 5.74) is 8.36. The van der Waals surface area contributed by atoms with Gasteiger partial charge < -0.3 is 51.5 Å². The zero-order chi connectivity index (χ0) is 62.8. The number of anilines is 1. The predicted molar refractivity (Wildman–Crippen MR) is 342 cm³/mol. The van der Waals surface area contributed by atoms with Crippen LogP contribution in [0.5, 0.6) is 11.8 Å². The number of aromatic amines is 2. The number of aromatic nitrogens is 14. The van der Waals surface area contributed by atoms with Crippen LogP contribution in [0.4, 0.5) is 5.95 Å². The van der Waals surface area contributed by atoms with Crippen LogP contribution in [0.25, 0.3) is 33.1 Å². The molecule has 2 aromatic carbocycles. The topological polar surface area (TPSA) is 400 Å². The summed E-state index contributed by atoms with van der Waals surface area (Å²) in [4.78, 5) is 57.3. The minimum atomic E-state index is -0.990. The van der Waals surface area contributed by atoms with Crippen molar-refractivity contribution in [1.29, 1.82) is 0 Å². The smallest absolute Gasteiger partial charge is 0.870 e. The Bertz CT molecular complexity index is 3930. The molecule has 2 aliphatic rings. The number of nitrogens with one attached hydrogen (secondary N) is 3. The number of rotatable bonds is 12. The van der Waals surface area contributed by atoms with Crippen molar-refractivity contribution in [1.82, 2.24) is 69.2 Å². The summed E-state index contributed by atoms with van der Waals surface area (Å²) in [6, 6.07) is 10.7. The Morgan fingerprint density at radius 2 is 1.08 bits per heavy atom. The van der Waals surface area contributed by atoms with Gasteiger partial charge >= 0.3 is 18.9 Å². The van der Waals surface area contributed by atoms with Crippen LogP contribution in [0.2, 0.25) is 35.9 Å². The first-order valence-electron chi connectivity index (χ1n) is 25.5. The van der Waals surface area contributed by atoms with Crippen molar-refractivity contribution in [3.8, 4) is 11.8 Å². The molecule has 27 nitrogen and oxygen atoms in total. The Morgan fingerprint density at radius 1 is 0.652 bits per heavy atom. The van der Waals surface area contributed by atoms with Crippen molar-refractivity contribution in [3.05, 3.63) is 134 Å². The van der Waals surface area contributed by atoms with Crippen molar-refractivity contribution < 1.29 is 59.3 Å². The molecule has 0 bridgehead atoms. The first-order chi connectivity index (χ1) is 39.7. The third kappa shape index (κ3) is 24.1. The van der Waals surface area contributed by atoms with E-state index < -0.39 is 16.8 Å². The summed E-state index contributed by atoms with van der Waals surface area (Å²) in [5, 5.41) is 47.1. The van der Waals surface area contributed by atoms with Gasteiger partial charge in [-0.25, -0.2) is 19.9 Å². The largest absolute Gasteiger partial charge is 1.00 e. The van der Waals surface area contributed by atoms with Gasteiger partial charge in [0.2, 0.25) is 33.6 Å². The van der Waals surface area contributed by atoms with E-state index in [0.29, 0.717) is 97.1 Å². The molecule has 0 aliphatic carbocycles. The Labute approximate surface area is 558 Å². The van der Waals surface area contributed by atoms with Crippen LogP contribution in [0.15, 0.2) is 69.6 Å². The molecule has 89 heavy (non-hydrogen) atoms. The Kier molecular flexibility index (Phi) is 30.3. The summed E-state index contributed by atoms with van der Waals surface area (Å²) in [7, 11) is 3.05. The van der Waals surface area contributed by atoms with E-state index in [0.717, 1.165) is 29.0 Å². The molecule has 35 heteroatoms. The Balaban J connectivity index is 0.000000378. The zero-order valence-electron chi connectivity index (χ0n) is 49.6. The second-order valence-corrected chi connectivity index (χ2v) is 23.9. The maximum Gasteiger partial charge on any atom is 1.00 e. The minimum absolute atomic E-state index is 0. The number of halogens is 7. The number of benzene rings is 2. The van der Waals surface area contributed by atoms with E-state index in [4.69, 9.17) is 101 Å². The number of hydrogen-bond acceptors (Lipinski definition) is 21. The molecule has 7 aromatic heterocycles. The van der Waals surface area contributed by atoms with Gasteiger partial charge in [0.15, 0.2) is 11.0 Å². The molecule has 1 saturated heterocycles. The minimum Gasteiger partial charge on any atom is -0.870 e. The number of nitrogens with zero attached hydrogens (tertiary/aromatic N) is 13. The molecule has 1 fully saturated rings. The maximum absolute atomic E-state index is 12.4. The van der Waals surface area contributed by atoms with Crippen molar-refractivity contribution in [2.24, 2.45) is 10.7 Å². The SMILES string of the molecule is C.CC(C)(O)Cn1ncc2nc(Cl)[nH]c(=O)c21.CC(C)(O)Cn1ncc2nc(NCc3ccc(Cl)c(Cl)c3)[nH]c(=O)c21.CC1(C)CO1.COc1nc(Cl)nc2c1CN=C2.COc1nc(Cl)nc2cnn(CC(C)(C)O)c12.NCc1ccc(Cl)c(Cl)c1.O.[Li+].[OH-]. The average Bonchev–Trinajstić information content (AvgIpc) is 2.79. The van der Waals surface area contributed by atoms with E-state index in [9.17, 15) is 24.9 Å². The van der Waals surface area contributed by atoms with Crippen molar-refractivity contribution >= 4 is 126 Å². The fourth-order valence-corrected chi connectivity index (χ4v) is 8.51. The number of aliphatic hydroxyl groups is 3. The van der Waals surface area contributed by atoms with Crippen LogP contribution in [0.3, 0.4) is 0 Å². The molecule has 2 aliphatic heterocycles. The first-order valence-corrected chi connectivity index (χ1v) is 28.1. The summed E-state index contributed by atoms with van der Waals surface area (Å²) >= 11 is 40.3. The Hall–Kier alpha value is -5.81. The molecule has 0 saturated carbocycles. The number of fused-ring (bicyclic) bond motifs is 4. The van der Waals surface area contributed by atoms with Gasteiger partial charge in [-0.1, -0.05) is 66.0 Å². The first kappa shape index (κ1) is 79.3. The van der Waals surface area contributed by atoms with Gasteiger partial charge in [0.1, 0.15) is 22.1 Å². The van der Waals surface area contributed by atoms with E-state index >= 15 is 0 Å². The van der Waals surface area contributed by atoms with Crippen molar-refractivity contribution in [3.63, 3.8) is 0 Å². The van der Waals surface area contributed by atoms with Crippen LogP contribution in [-0.4, -0.2) is 145 Å². The number of epoxide rings is 1. The normalized spacial score (nSPS) is 12.4. The van der Waals surface area contributed by atoms with Crippen LogP contribution >= 0.6 is 81.2 Å². The number of methoxy groups -OCH3 is 2. The average molecular weight is 1370 g/mol. The fourth-order valence-electron chi connectivity index (χ4n) is 7.35. The molecule has 0 amide bonds. The molecule has 0 atom stereocenters. The Morgan fingerprint density at radius 3 is 1.54 bits per heavy atom. The van der Waals surface area contributed by atoms with Gasteiger partial charge in [-0.2, -0.15) is 25.3 Å². The number of hydrogen-bond donors (Lipinski definition) is 7. The van der Waals surface area contributed by atoms with E-state index in [-0.39, 0.29) is 82.9 Å². The van der Waals surface area contributed by atoms with Crippen molar-refractivity contribution in [2.75, 3.05) is 26.1 Å². The quantitative estimate of drug-likeness (QED) is 0.0446. The number of aliphatic imine (C=N–C) groups is 1. The summed E-state index contributed by atoms with van der Waals surface area (Å²) in [6.07, 6.45) is 6.19. The summed E-state index contributed by atoms with van der Waals surface area (Å²) < 4.78 is 19.5. The molecule has 0 spiro atoms. The van der Waals surface area contributed by atoms with Crippen molar-refractivity contribution in [2.45, 2.75) is 124 Å². The number of H-pyrrole nitrogens is 2. The van der Waals surface area contributed by atoms with Gasteiger partial charge in [-0.15, -0.1) is 0 Å². The fraction of sp³-hybridized carbons (Fsp3) is 0.407. The summed E-state index contributed by atoms with van der Waals surface area (Å²) in [6.45, 7) is 17.3. The van der Waals surface area contributed by atoms with Crippen LogP contribution in [-0.2, 0) is 44.0 Å². The van der Waals surface area contributed by atoms with Gasteiger partial charge in [0.25, 0.3) is 11.1 Å². The second-order valence-electron chi connectivity index (χ2n) is 21.3. The van der Waals surface area contributed by atoms with Gasteiger partial charge in [0, 0.05) is 19.3 Å². The predicted octanol–water partition coefficient (Wildman–Crippen LogP) is 5.57. The third-order valence-electron chi connectivity index (χ3n) is 11.2. The molecule has 9 aromatic rings. The standard InChI is InChI=1S/C16H17Cl2N5O2.C10H13ClN4O2.C9H11ClN4O2.C7H7Cl2N.C7H6ClN3O.C4H8O.CH4.Li.2H2O/c1-16(2,25)8-23-13-12(7-20-23)21-15(22-14(13)24)19-6-9-3-4-10(17)11(18)5-9;1-10(2,16)5-15-7-6(4-12-15)13-9(11)14-8(7)17-3;1-9(2,16)4-14-6-5(3-11-14)12-8(10)13-7(6)15;8-6-2-1-5(4-10)3-7(6)9;1-12-6-4-2-9-3-5(4)10-7(8)11-6;1-4(2)3-5-4;;;;/h3-5,7,25H,6,8H2,1-2H3,(H2,19,21,22,24);4,16H,5H2,1-3H3;3,16H,4H2,1-2H3,(H,12,13,15);1-3H,4,10H2;3H,2H2,1H3;3H2,1-2H3;1H4;;2*1H2/q;;;;;;;+1;;/p-1. The van der Waals surface area contributed by atoms with Crippen LogP contribution in [0.1, 0.15) is 85.2 Å². The molecule has 11 N–H and O–H groups in total. The van der Waals surface area contributed by atoms with E-state index in [1.807, 2.05) is 12.1 Å². The van der Waals surface area contributed by atoms with E-state index in [2.05, 4.69) is 79.3 Å². The summed E-state index contributed by atoms with van der Waals surface area (Å²) in [5.74, 6) is 1.19. The van der Waals surface area contributed by atoms with Crippen LogP contribution < -0.4 is 50.5 Å². The van der Waals surface area contributed by atoms with Gasteiger partial charge in [0.05, 0.1) is 119 Å². The number of nitrogens with two attached hydrogens (primary N) is 1. The molecule has 480 valence electrons. The van der Waals surface area contributed by atoms with Gasteiger partial charge in [-0.05, 0) is 126 Å².